The Morgan fingerprint density at radius 1 is 1.12 bits per heavy atom. The third kappa shape index (κ3) is 2.74. The van der Waals surface area contributed by atoms with Crippen molar-refractivity contribution in [1.82, 2.24) is 4.90 Å². The van der Waals surface area contributed by atoms with Crippen LogP contribution in [0.3, 0.4) is 0 Å². The molecule has 3 aliphatic rings. The van der Waals surface area contributed by atoms with Crippen LogP contribution in [-0.2, 0) is 4.79 Å². The molecule has 132 valence electrons. The lowest BCUT2D eigenvalue weighted by Crippen LogP contribution is -2.41. The van der Waals surface area contributed by atoms with Gasteiger partial charge >= 0.3 is 0 Å². The maximum atomic E-state index is 13.0. The summed E-state index contributed by atoms with van der Waals surface area (Å²) in [5, 5.41) is 0. The molecule has 3 fully saturated rings. The molecule has 2 heterocycles. The van der Waals surface area contributed by atoms with Gasteiger partial charge in [-0.2, -0.15) is 0 Å². The van der Waals surface area contributed by atoms with Crippen molar-refractivity contribution in [3.05, 3.63) is 53.1 Å². The highest BCUT2D eigenvalue weighted by molar-refractivity contribution is 8.26. The maximum absolute atomic E-state index is 13.0. The van der Waals surface area contributed by atoms with Gasteiger partial charge in [0.15, 0.2) is 0 Å². The van der Waals surface area contributed by atoms with Crippen LogP contribution in [0.2, 0.25) is 0 Å². The Bertz CT molecular complexity index is 902. The van der Waals surface area contributed by atoms with Gasteiger partial charge in [-0.15, -0.1) is 0 Å². The lowest BCUT2D eigenvalue weighted by molar-refractivity contribution is -0.124. The Balaban J connectivity index is 1.38. The number of carbonyl (C=O) groups is 1. The van der Waals surface area contributed by atoms with Crippen LogP contribution in [0.5, 0.6) is 0 Å². The van der Waals surface area contributed by atoms with Crippen molar-refractivity contribution in [2.75, 3.05) is 0 Å². The molecule has 1 aromatic carbocycles. The van der Waals surface area contributed by atoms with Gasteiger partial charge < -0.3 is 4.42 Å². The van der Waals surface area contributed by atoms with Crippen molar-refractivity contribution in [2.24, 2.45) is 11.8 Å². The Kier molecular flexibility index (Phi) is 4.02. The van der Waals surface area contributed by atoms with E-state index < -0.39 is 0 Å². The van der Waals surface area contributed by atoms with Gasteiger partial charge in [0.2, 0.25) is 0 Å². The Hall–Kier alpha value is -1.85. The smallest absolute Gasteiger partial charge is 0.266 e. The molecule has 1 amide bonds. The van der Waals surface area contributed by atoms with Gasteiger partial charge in [0.25, 0.3) is 5.91 Å². The molecule has 0 radical (unpaired) electrons. The average molecular weight is 382 g/mol. The summed E-state index contributed by atoms with van der Waals surface area (Å²) in [5.41, 5.74) is 1.03. The number of nitrogens with zero attached hydrogens (tertiary/aromatic N) is 1. The first-order chi connectivity index (χ1) is 12.7. The minimum absolute atomic E-state index is 0.0511. The molecule has 26 heavy (non-hydrogen) atoms. The van der Waals surface area contributed by atoms with Gasteiger partial charge in [-0.25, -0.2) is 0 Å². The molecule has 3 unspecified atom stereocenters. The number of fused-ring (bicyclic) bond motifs is 2. The molecule has 3 nitrogen and oxygen atoms in total. The van der Waals surface area contributed by atoms with E-state index in [4.69, 9.17) is 16.6 Å². The monoisotopic (exact) mass is 381 g/mol. The van der Waals surface area contributed by atoms with E-state index in [0.717, 1.165) is 23.7 Å². The zero-order valence-corrected chi connectivity index (χ0v) is 15.9. The fourth-order valence-electron chi connectivity index (χ4n) is 4.61. The summed E-state index contributed by atoms with van der Waals surface area (Å²) in [6, 6.07) is 14.1. The fraction of sp³-hybridized carbons (Fsp3) is 0.333. The normalized spacial score (nSPS) is 29.3. The van der Waals surface area contributed by atoms with E-state index in [1.807, 2.05) is 53.4 Å². The lowest BCUT2D eigenvalue weighted by atomic mass is 9.94. The molecule has 2 bridgehead atoms. The highest BCUT2D eigenvalue weighted by Crippen LogP contribution is 2.49. The van der Waals surface area contributed by atoms with E-state index in [2.05, 4.69) is 0 Å². The fourth-order valence-corrected chi connectivity index (χ4v) is 5.96. The highest BCUT2D eigenvalue weighted by Gasteiger charge is 2.47. The Morgan fingerprint density at radius 3 is 2.69 bits per heavy atom. The number of thiocarbonyl (C=S) groups is 1. The van der Waals surface area contributed by atoms with Crippen LogP contribution < -0.4 is 0 Å². The molecule has 5 heteroatoms. The molecule has 1 aromatic heterocycles. The van der Waals surface area contributed by atoms with Gasteiger partial charge in [-0.1, -0.05) is 60.7 Å². The van der Waals surface area contributed by atoms with Crippen LogP contribution in [-0.4, -0.2) is 21.2 Å². The predicted molar refractivity (Wildman–Crippen MR) is 108 cm³/mol. The number of amides is 1. The van der Waals surface area contributed by atoms with Crippen LogP contribution in [0, 0.1) is 11.8 Å². The second-order valence-corrected chi connectivity index (χ2v) is 9.04. The van der Waals surface area contributed by atoms with E-state index in [-0.39, 0.29) is 5.91 Å². The third-order valence-electron chi connectivity index (χ3n) is 5.81. The van der Waals surface area contributed by atoms with Gasteiger partial charge in [0.05, 0.1) is 4.91 Å². The van der Waals surface area contributed by atoms with Crippen LogP contribution in [0.25, 0.3) is 17.4 Å². The maximum Gasteiger partial charge on any atom is 0.266 e. The number of thioether (sulfide) groups is 1. The molecule has 3 atom stereocenters. The molecule has 5 rings (SSSR count). The Labute approximate surface area is 162 Å². The van der Waals surface area contributed by atoms with Gasteiger partial charge in [0.1, 0.15) is 15.8 Å². The molecule has 0 N–H and O–H groups in total. The highest BCUT2D eigenvalue weighted by atomic mass is 32.2. The first-order valence-corrected chi connectivity index (χ1v) is 10.3. The summed E-state index contributed by atoms with van der Waals surface area (Å²) < 4.78 is 6.62. The minimum atomic E-state index is 0.0511. The third-order valence-corrected chi connectivity index (χ3v) is 7.14. The van der Waals surface area contributed by atoms with Crippen molar-refractivity contribution in [3.8, 4) is 11.3 Å². The summed E-state index contributed by atoms with van der Waals surface area (Å²) in [5.74, 6) is 2.97. The summed E-state index contributed by atoms with van der Waals surface area (Å²) in [7, 11) is 0. The standard InChI is InChI=1S/C21H19NO2S2/c23-20-19(12-16-8-9-18(24-16)14-4-2-1-3-5-14)26-21(25)22(20)17-11-13-6-7-15(17)10-13/h1-5,8-9,12-13,15,17H,6-7,10-11H2/b19-12-. The zero-order chi connectivity index (χ0) is 17.7. The molecular formula is C21H19NO2S2. The average Bonchev–Trinajstić information content (AvgIpc) is 3.42. The molecule has 2 aliphatic carbocycles. The van der Waals surface area contributed by atoms with Crippen molar-refractivity contribution >= 4 is 40.3 Å². The number of furan rings is 1. The van der Waals surface area contributed by atoms with Gasteiger partial charge in [0, 0.05) is 17.7 Å². The largest absolute Gasteiger partial charge is 0.457 e. The summed E-state index contributed by atoms with van der Waals surface area (Å²) in [4.78, 5) is 15.5. The lowest BCUT2D eigenvalue weighted by Gasteiger charge is -2.30. The number of hydrogen-bond acceptors (Lipinski definition) is 4. The summed E-state index contributed by atoms with van der Waals surface area (Å²) in [6.45, 7) is 0. The molecule has 2 saturated carbocycles. The van der Waals surface area contributed by atoms with Crippen LogP contribution in [0.1, 0.15) is 31.4 Å². The molecular weight excluding hydrogens is 362 g/mol. The van der Waals surface area contributed by atoms with Crippen LogP contribution >= 0.6 is 24.0 Å². The number of rotatable bonds is 3. The number of hydrogen-bond donors (Lipinski definition) is 0. The van der Waals surface area contributed by atoms with Gasteiger partial charge in [-0.05, 0) is 43.2 Å². The Morgan fingerprint density at radius 2 is 1.96 bits per heavy atom. The first kappa shape index (κ1) is 16.3. The molecule has 1 saturated heterocycles. The minimum Gasteiger partial charge on any atom is -0.457 e. The topological polar surface area (TPSA) is 33.5 Å². The SMILES string of the molecule is O=C1/C(=C/c2ccc(-c3ccccc3)o2)SC(=S)N1C1CC2CCC1C2. The van der Waals surface area contributed by atoms with E-state index >= 15 is 0 Å². The van der Waals surface area contributed by atoms with Crippen molar-refractivity contribution in [1.29, 1.82) is 0 Å². The van der Waals surface area contributed by atoms with Crippen molar-refractivity contribution < 1.29 is 9.21 Å². The van der Waals surface area contributed by atoms with Gasteiger partial charge in [-0.3, -0.25) is 9.69 Å². The zero-order valence-electron chi connectivity index (χ0n) is 14.3. The van der Waals surface area contributed by atoms with E-state index in [0.29, 0.717) is 26.9 Å². The second kappa shape index (κ2) is 6.39. The molecule has 1 aliphatic heterocycles. The van der Waals surface area contributed by atoms with E-state index in [9.17, 15) is 4.79 Å². The molecule has 2 aromatic rings. The van der Waals surface area contributed by atoms with E-state index in [1.165, 1.54) is 31.0 Å². The van der Waals surface area contributed by atoms with Crippen LogP contribution in [0.15, 0.2) is 51.8 Å². The summed E-state index contributed by atoms with van der Waals surface area (Å²) in [6.07, 6.45) is 6.77. The predicted octanol–water partition coefficient (Wildman–Crippen LogP) is 5.34. The number of carbonyl (C=O) groups excluding carboxylic acids is 1. The second-order valence-electron chi connectivity index (χ2n) is 7.36. The van der Waals surface area contributed by atoms with E-state index in [1.54, 1.807) is 0 Å². The van der Waals surface area contributed by atoms with Crippen molar-refractivity contribution in [3.63, 3.8) is 0 Å². The summed E-state index contributed by atoms with van der Waals surface area (Å²) >= 11 is 6.95. The van der Waals surface area contributed by atoms with Crippen LogP contribution in [0.4, 0.5) is 0 Å². The first-order valence-electron chi connectivity index (χ1n) is 9.11. The molecule has 0 spiro atoms. The van der Waals surface area contributed by atoms with Crippen molar-refractivity contribution in [2.45, 2.75) is 31.7 Å². The quantitative estimate of drug-likeness (QED) is 0.531. The number of benzene rings is 1.